The highest BCUT2D eigenvalue weighted by molar-refractivity contribution is 6.31. The van der Waals surface area contributed by atoms with Gasteiger partial charge in [0.2, 0.25) is 0 Å². The van der Waals surface area contributed by atoms with E-state index in [9.17, 15) is 4.39 Å². The number of hydrogen-bond acceptors (Lipinski definition) is 2. The second kappa shape index (κ2) is 6.01. The summed E-state index contributed by atoms with van der Waals surface area (Å²) in [5.74, 6) is 0.188. The number of rotatable bonds is 3. The summed E-state index contributed by atoms with van der Waals surface area (Å²) < 4.78 is 18.4. The van der Waals surface area contributed by atoms with Gasteiger partial charge in [-0.2, -0.15) is 0 Å². The van der Waals surface area contributed by atoms with Crippen LogP contribution in [0.1, 0.15) is 5.56 Å². The maximum absolute atomic E-state index is 12.9. The van der Waals surface area contributed by atoms with Gasteiger partial charge >= 0.3 is 0 Å². The molecule has 1 aromatic carbocycles. The molecule has 2 nitrogen and oxygen atoms in total. The van der Waals surface area contributed by atoms with Gasteiger partial charge < -0.3 is 4.74 Å². The molecule has 0 N–H and O–H groups in total. The molecule has 1 aromatic rings. The van der Waals surface area contributed by atoms with E-state index in [0.717, 1.165) is 18.7 Å². The summed E-state index contributed by atoms with van der Waals surface area (Å²) in [6, 6.07) is 4.50. The first-order valence-electron chi connectivity index (χ1n) is 5.53. The lowest BCUT2D eigenvalue weighted by Gasteiger charge is -2.32. The quantitative estimate of drug-likeness (QED) is 0.788. The third-order valence-electron chi connectivity index (χ3n) is 2.80. The van der Waals surface area contributed by atoms with Gasteiger partial charge in [-0.25, -0.2) is 4.39 Å². The van der Waals surface area contributed by atoms with Gasteiger partial charge in [0, 0.05) is 30.5 Å². The molecule has 1 aliphatic heterocycles. The average molecular weight is 278 g/mol. The van der Waals surface area contributed by atoms with Crippen LogP contribution in [0.15, 0.2) is 18.2 Å². The van der Waals surface area contributed by atoms with E-state index in [-0.39, 0.29) is 11.9 Å². The Labute approximate surface area is 110 Å². The van der Waals surface area contributed by atoms with Crippen LogP contribution in [0.25, 0.3) is 0 Å². The summed E-state index contributed by atoms with van der Waals surface area (Å²) >= 11 is 11.8. The monoisotopic (exact) mass is 277 g/mol. The summed E-state index contributed by atoms with van der Waals surface area (Å²) in [6.45, 7) is 3.02. The number of halogens is 3. The van der Waals surface area contributed by atoms with E-state index < -0.39 is 0 Å². The van der Waals surface area contributed by atoms with Gasteiger partial charge in [-0.3, -0.25) is 4.90 Å². The van der Waals surface area contributed by atoms with Gasteiger partial charge in [0.15, 0.2) is 0 Å². The minimum Gasteiger partial charge on any atom is -0.374 e. The lowest BCUT2D eigenvalue weighted by atomic mass is 10.2. The molecule has 0 saturated carbocycles. The first kappa shape index (κ1) is 13.1. The van der Waals surface area contributed by atoms with Crippen molar-refractivity contribution in [3.8, 4) is 0 Å². The molecule has 1 atom stereocenters. The number of benzene rings is 1. The Morgan fingerprint density at radius 1 is 1.47 bits per heavy atom. The first-order valence-corrected chi connectivity index (χ1v) is 6.44. The molecule has 1 fully saturated rings. The molecule has 2 rings (SSSR count). The maximum atomic E-state index is 12.9. The molecule has 0 aromatic heterocycles. The molecule has 0 aliphatic carbocycles. The SMILES string of the molecule is Fc1ccc(CN2CCOC(CCl)C2)c(Cl)c1. The number of hydrogen-bond donors (Lipinski definition) is 0. The van der Waals surface area contributed by atoms with Crippen LogP contribution in [0.2, 0.25) is 5.02 Å². The lowest BCUT2D eigenvalue weighted by Crippen LogP contribution is -2.42. The Morgan fingerprint density at radius 2 is 2.29 bits per heavy atom. The smallest absolute Gasteiger partial charge is 0.124 e. The molecule has 0 bridgehead atoms. The van der Waals surface area contributed by atoms with Crippen molar-refractivity contribution in [1.29, 1.82) is 0 Å². The first-order chi connectivity index (χ1) is 8.19. The highest BCUT2D eigenvalue weighted by Gasteiger charge is 2.20. The van der Waals surface area contributed by atoms with Gasteiger partial charge in [-0.15, -0.1) is 11.6 Å². The van der Waals surface area contributed by atoms with E-state index in [2.05, 4.69) is 4.90 Å². The second-order valence-electron chi connectivity index (χ2n) is 4.12. The largest absolute Gasteiger partial charge is 0.374 e. The molecule has 17 heavy (non-hydrogen) atoms. The van der Waals surface area contributed by atoms with Crippen molar-refractivity contribution in [2.45, 2.75) is 12.6 Å². The Kier molecular flexibility index (Phi) is 4.62. The van der Waals surface area contributed by atoms with Crippen molar-refractivity contribution in [1.82, 2.24) is 4.90 Å². The molecule has 1 aliphatic rings. The van der Waals surface area contributed by atoms with Crippen molar-refractivity contribution >= 4 is 23.2 Å². The van der Waals surface area contributed by atoms with Crippen LogP contribution in [0.3, 0.4) is 0 Å². The topological polar surface area (TPSA) is 12.5 Å². The van der Waals surface area contributed by atoms with Crippen LogP contribution in [0, 0.1) is 5.82 Å². The fraction of sp³-hybridized carbons (Fsp3) is 0.500. The summed E-state index contributed by atoms with van der Waals surface area (Å²) in [6.07, 6.45) is 0.0737. The Hall–Kier alpha value is -0.350. The third-order valence-corrected chi connectivity index (χ3v) is 3.50. The lowest BCUT2D eigenvalue weighted by molar-refractivity contribution is -0.0193. The van der Waals surface area contributed by atoms with Crippen LogP contribution < -0.4 is 0 Å². The summed E-state index contributed by atoms with van der Waals surface area (Å²) in [4.78, 5) is 2.22. The molecule has 0 amide bonds. The van der Waals surface area contributed by atoms with E-state index >= 15 is 0 Å². The zero-order valence-corrected chi connectivity index (χ0v) is 10.8. The van der Waals surface area contributed by atoms with Crippen molar-refractivity contribution in [3.05, 3.63) is 34.6 Å². The van der Waals surface area contributed by atoms with Gasteiger partial charge in [0.05, 0.1) is 12.7 Å². The summed E-state index contributed by atoms with van der Waals surface area (Å²) in [7, 11) is 0. The van der Waals surface area contributed by atoms with Gasteiger partial charge in [0.25, 0.3) is 0 Å². The summed E-state index contributed by atoms with van der Waals surface area (Å²) in [5, 5.41) is 0.471. The number of morpholine rings is 1. The van der Waals surface area contributed by atoms with E-state index in [0.29, 0.717) is 24.1 Å². The van der Waals surface area contributed by atoms with Crippen LogP contribution in [-0.4, -0.2) is 36.6 Å². The predicted molar refractivity (Wildman–Crippen MR) is 67.1 cm³/mol. The summed E-state index contributed by atoms with van der Waals surface area (Å²) in [5.41, 5.74) is 0.934. The average Bonchev–Trinajstić information content (AvgIpc) is 2.33. The van der Waals surface area contributed by atoms with Crippen molar-refractivity contribution in [3.63, 3.8) is 0 Å². The molecule has 1 heterocycles. The molecule has 5 heteroatoms. The Balaban J connectivity index is 2.00. The van der Waals surface area contributed by atoms with Crippen molar-refractivity contribution in [2.24, 2.45) is 0 Å². The second-order valence-corrected chi connectivity index (χ2v) is 4.83. The van der Waals surface area contributed by atoms with E-state index in [1.807, 2.05) is 0 Å². The van der Waals surface area contributed by atoms with Crippen LogP contribution in [0.5, 0.6) is 0 Å². The standard InChI is InChI=1S/C12H14Cl2FNO/c13-6-11-8-16(3-4-17-11)7-9-1-2-10(15)5-12(9)14/h1-2,5,11H,3-4,6-8H2. The molecule has 0 spiro atoms. The molecule has 1 saturated heterocycles. The predicted octanol–water partition coefficient (Wildman–Crippen LogP) is 2.92. The Morgan fingerprint density at radius 3 is 3.00 bits per heavy atom. The van der Waals surface area contributed by atoms with E-state index in [1.165, 1.54) is 12.1 Å². The van der Waals surface area contributed by atoms with Crippen molar-refractivity contribution in [2.75, 3.05) is 25.6 Å². The molecular formula is C12H14Cl2FNO. The number of nitrogens with zero attached hydrogens (tertiary/aromatic N) is 1. The van der Waals surface area contributed by atoms with Crippen LogP contribution in [-0.2, 0) is 11.3 Å². The number of alkyl halides is 1. The molecule has 94 valence electrons. The fourth-order valence-electron chi connectivity index (χ4n) is 1.91. The van der Waals surface area contributed by atoms with E-state index in [1.54, 1.807) is 6.07 Å². The van der Waals surface area contributed by atoms with Gasteiger partial charge in [0.1, 0.15) is 5.82 Å². The van der Waals surface area contributed by atoms with Gasteiger partial charge in [-0.1, -0.05) is 17.7 Å². The minimum atomic E-state index is -0.306. The van der Waals surface area contributed by atoms with Crippen LogP contribution >= 0.6 is 23.2 Å². The molecule has 1 unspecified atom stereocenters. The van der Waals surface area contributed by atoms with Crippen LogP contribution in [0.4, 0.5) is 4.39 Å². The Bertz CT molecular complexity index is 389. The molecule has 0 radical (unpaired) electrons. The zero-order chi connectivity index (χ0) is 12.3. The van der Waals surface area contributed by atoms with Gasteiger partial charge in [-0.05, 0) is 17.7 Å². The van der Waals surface area contributed by atoms with Crippen molar-refractivity contribution < 1.29 is 9.13 Å². The zero-order valence-electron chi connectivity index (χ0n) is 9.33. The highest BCUT2D eigenvalue weighted by Crippen LogP contribution is 2.20. The normalized spacial score (nSPS) is 21.7. The third kappa shape index (κ3) is 3.55. The minimum absolute atomic E-state index is 0.0737. The fourth-order valence-corrected chi connectivity index (χ4v) is 2.32. The van der Waals surface area contributed by atoms with E-state index in [4.69, 9.17) is 27.9 Å². The highest BCUT2D eigenvalue weighted by atomic mass is 35.5. The number of ether oxygens (including phenoxy) is 1. The maximum Gasteiger partial charge on any atom is 0.124 e. The molecular weight excluding hydrogens is 264 g/mol.